The van der Waals surface area contributed by atoms with Crippen LogP contribution in [0.15, 0.2) is 60.8 Å². The lowest BCUT2D eigenvalue weighted by atomic mass is 9.96. The number of allylic oxidation sites excluding steroid dienone is 10. The highest BCUT2D eigenvalue weighted by molar-refractivity contribution is 5.76. The molecule has 3 aliphatic heterocycles. The average molecular weight is 1300 g/mol. The molecule has 530 valence electrons. The topological polar surface area (TPSA) is 307 Å². The third-order valence-corrected chi connectivity index (χ3v) is 17.9. The van der Waals surface area contributed by atoms with Crippen molar-refractivity contribution in [2.45, 2.75) is 362 Å². The van der Waals surface area contributed by atoms with Crippen molar-refractivity contribution in [3.05, 3.63) is 60.8 Å². The van der Waals surface area contributed by atoms with E-state index in [1.807, 2.05) is 0 Å². The SMILES string of the molecule is CC/C=C\C/C=C\C/C=C\C/C=C\C/C=C\CCCCCCCCCCCCCCCCCCCCCCCCCCCC(=O)NC(COC1OC(CO)C(OC2OC(CO)C(OC3OC(CO)C(O)C(O)C3O)C(O)C2O)C(O)C1O)C(O)CCCCCCC. The molecule has 0 spiro atoms. The fourth-order valence-electron chi connectivity index (χ4n) is 12.0. The third-order valence-electron chi connectivity index (χ3n) is 17.9. The molecule has 17 atom stereocenters. The third kappa shape index (κ3) is 35.4. The van der Waals surface area contributed by atoms with Gasteiger partial charge in [0, 0.05) is 6.42 Å². The summed E-state index contributed by atoms with van der Waals surface area (Å²) >= 11 is 0. The molecule has 3 rings (SSSR count). The summed E-state index contributed by atoms with van der Waals surface area (Å²) < 4.78 is 34.2. The lowest BCUT2D eigenvalue weighted by Crippen LogP contribution is -2.66. The first-order valence-electron chi connectivity index (χ1n) is 36.0. The van der Waals surface area contributed by atoms with Crippen molar-refractivity contribution in [1.82, 2.24) is 5.32 Å². The summed E-state index contributed by atoms with van der Waals surface area (Å²) in [6.07, 6.45) is 40.1. The minimum atomic E-state index is -1.97. The maximum Gasteiger partial charge on any atom is 0.220 e. The van der Waals surface area contributed by atoms with Crippen molar-refractivity contribution in [2.24, 2.45) is 0 Å². The Morgan fingerprint density at radius 2 is 0.758 bits per heavy atom. The van der Waals surface area contributed by atoms with Crippen LogP contribution in [0.1, 0.15) is 258 Å². The molecule has 0 saturated carbocycles. The Labute approximate surface area is 547 Å². The molecular weight excluding hydrogens is 1170 g/mol. The van der Waals surface area contributed by atoms with Crippen molar-refractivity contribution < 1.29 is 89.4 Å². The number of carbonyl (C=O) groups excluding carboxylic acids is 1. The second kappa shape index (κ2) is 53.6. The Morgan fingerprint density at radius 3 is 1.19 bits per heavy atom. The molecule has 0 aromatic heterocycles. The van der Waals surface area contributed by atoms with Crippen LogP contribution in [-0.4, -0.2) is 193 Å². The Bertz CT molecular complexity index is 1890. The van der Waals surface area contributed by atoms with E-state index in [2.05, 4.69) is 79.9 Å². The molecule has 0 aromatic carbocycles. The number of hydrogen-bond acceptors (Lipinski definition) is 18. The zero-order valence-corrected chi connectivity index (χ0v) is 56.1. The predicted octanol–water partition coefficient (Wildman–Crippen LogP) is 9.94. The first kappa shape index (κ1) is 82.7. The molecule has 0 bridgehead atoms. The zero-order valence-electron chi connectivity index (χ0n) is 56.1. The summed E-state index contributed by atoms with van der Waals surface area (Å²) in [5, 5.41) is 120. The van der Waals surface area contributed by atoms with Gasteiger partial charge in [0.05, 0.1) is 38.6 Å². The molecule has 12 N–H and O–H groups in total. The summed E-state index contributed by atoms with van der Waals surface area (Å²) in [5.74, 6) is -0.247. The second-order valence-corrected chi connectivity index (χ2v) is 25.7. The van der Waals surface area contributed by atoms with Gasteiger partial charge in [-0.3, -0.25) is 4.79 Å². The van der Waals surface area contributed by atoms with Crippen molar-refractivity contribution in [2.75, 3.05) is 26.4 Å². The van der Waals surface area contributed by atoms with E-state index in [0.717, 1.165) is 83.5 Å². The fraction of sp³-hybridized carbons (Fsp3) is 0.847. The summed E-state index contributed by atoms with van der Waals surface area (Å²) in [5.41, 5.74) is 0. The highest BCUT2D eigenvalue weighted by atomic mass is 16.8. The molecule has 0 aromatic rings. The Hall–Kier alpha value is -2.51. The predicted molar refractivity (Wildman–Crippen MR) is 355 cm³/mol. The number of hydrogen-bond donors (Lipinski definition) is 12. The maximum absolute atomic E-state index is 13.3. The van der Waals surface area contributed by atoms with Gasteiger partial charge < -0.3 is 89.9 Å². The number of aliphatic hydroxyl groups excluding tert-OH is 11. The molecule has 19 nitrogen and oxygen atoms in total. The van der Waals surface area contributed by atoms with Gasteiger partial charge in [-0.1, -0.05) is 254 Å². The number of unbranched alkanes of at least 4 members (excludes halogenated alkanes) is 29. The molecule has 19 heteroatoms. The molecule has 0 aliphatic carbocycles. The normalized spacial score (nSPS) is 28.2. The first-order valence-corrected chi connectivity index (χ1v) is 36.0. The van der Waals surface area contributed by atoms with Crippen LogP contribution in [0, 0.1) is 0 Å². The summed E-state index contributed by atoms with van der Waals surface area (Å²) in [7, 11) is 0. The molecule has 3 saturated heterocycles. The molecule has 3 heterocycles. The minimum absolute atomic E-state index is 0.247. The van der Waals surface area contributed by atoms with Crippen molar-refractivity contribution in [1.29, 1.82) is 0 Å². The number of carbonyl (C=O) groups is 1. The van der Waals surface area contributed by atoms with Crippen LogP contribution in [-0.2, 0) is 33.2 Å². The summed E-state index contributed by atoms with van der Waals surface area (Å²) in [6.45, 7) is 1.58. The molecule has 17 unspecified atom stereocenters. The lowest BCUT2D eigenvalue weighted by Gasteiger charge is -2.48. The van der Waals surface area contributed by atoms with E-state index >= 15 is 0 Å². The molecule has 0 radical (unpaired) electrons. The molecular formula is C72H129NO18. The highest BCUT2D eigenvalue weighted by Gasteiger charge is 2.53. The van der Waals surface area contributed by atoms with Crippen LogP contribution >= 0.6 is 0 Å². The lowest BCUT2D eigenvalue weighted by molar-refractivity contribution is -0.379. The van der Waals surface area contributed by atoms with Crippen molar-refractivity contribution >= 4 is 5.91 Å². The van der Waals surface area contributed by atoms with E-state index in [9.17, 15) is 61.0 Å². The van der Waals surface area contributed by atoms with E-state index in [-0.39, 0.29) is 18.9 Å². The fourth-order valence-corrected chi connectivity index (χ4v) is 12.0. The number of ether oxygens (including phenoxy) is 6. The van der Waals surface area contributed by atoms with Crippen LogP contribution in [0.25, 0.3) is 0 Å². The van der Waals surface area contributed by atoms with Gasteiger partial charge in [0.2, 0.25) is 5.91 Å². The van der Waals surface area contributed by atoms with Crippen LogP contribution in [0.3, 0.4) is 0 Å². The van der Waals surface area contributed by atoms with Crippen LogP contribution in [0.5, 0.6) is 0 Å². The Balaban J connectivity index is 1.20. The average Bonchev–Trinajstić information content (AvgIpc) is 0.864. The minimum Gasteiger partial charge on any atom is -0.394 e. The maximum atomic E-state index is 13.3. The van der Waals surface area contributed by atoms with Gasteiger partial charge in [0.1, 0.15) is 73.2 Å². The van der Waals surface area contributed by atoms with E-state index in [4.69, 9.17) is 28.4 Å². The van der Waals surface area contributed by atoms with Gasteiger partial charge in [-0.15, -0.1) is 0 Å². The van der Waals surface area contributed by atoms with Crippen LogP contribution in [0.2, 0.25) is 0 Å². The van der Waals surface area contributed by atoms with Crippen molar-refractivity contribution in [3.63, 3.8) is 0 Å². The van der Waals surface area contributed by atoms with Crippen LogP contribution in [0.4, 0.5) is 0 Å². The Morgan fingerprint density at radius 1 is 0.407 bits per heavy atom. The highest BCUT2D eigenvalue weighted by Crippen LogP contribution is 2.33. The molecule has 3 fully saturated rings. The van der Waals surface area contributed by atoms with E-state index in [1.54, 1.807) is 0 Å². The standard InChI is InChI=1S/C72H129NO18/c1-3-5-7-9-10-11-12-13-14-15-16-17-18-19-20-21-22-23-24-25-26-27-28-29-30-31-32-33-34-35-36-37-38-39-40-41-42-43-44-46-48-50-60(78)73-55(56(77)49-47-45-8-6-4-2)54-86-70-66(84)63(81)68(58(52-75)88-70)91-72-67(85)64(82)69(59(53-76)89-72)90-71-65(83)62(80)61(79)57(51-74)87-71/h5,7,10-11,13-14,16-17,19-20,55-59,61-72,74-77,79-85H,3-4,6,8-9,12,15,18,21-54H2,1-2H3,(H,73,78)/b7-5-,11-10-,14-13-,17-16-,20-19-. The van der Waals surface area contributed by atoms with Gasteiger partial charge in [-0.05, 0) is 57.8 Å². The molecule has 3 aliphatic rings. The van der Waals surface area contributed by atoms with Crippen LogP contribution < -0.4 is 5.32 Å². The largest absolute Gasteiger partial charge is 0.394 e. The number of aliphatic hydroxyl groups is 11. The summed E-state index contributed by atoms with van der Waals surface area (Å²) in [4.78, 5) is 13.3. The van der Waals surface area contributed by atoms with Crippen molar-refractivity contribution in [3.8, 4) is 0 Å². The summed E-state index contributed by atoms with van der Waals surface area (Å²) in [6, 6.07) is -0.882. The zero-order chi connectivity index (χ0) is 66.1. The van der Waals surface area contributed by atoms with Gasteiger partial charge in [-0.25, -0.2) is 0 Å². The Kier molecular flexibility index (Phi) is 48.7. The van der Waals surface area contributed by atoms with E-state index in [0.29, 0.717) is 12.8 Å². The first-order chi connectivity index (χ1) is 44.3. The van der Waals surface area contributed by atoms with Gasteiger partial charge in [-0.2, -0.15) is 0 Å². The van der Waals surface area contributed by atoms with Gasteiger partial charge in [0.25, 0.3) is 0 Å². The van der Waals surface area contributed by atoms with E-state index < -0.39 is 124 Å². The van der Waals surface area contributed by atoms with Gasteiger partial charge >= 0.3 is 0 Å². The van der Waals surface area contributed by atoms with E-state index in [1.165, 1.54) is 141 Å². The number of rotatable bonds is 55. The second-order valence-electron chi connectivity index (χ2n) is 25.7. The quantitative estimate of drug-likeness (QED) is 0.0199. The number of nitrogens with one attached hydrogen (secondary N) is 1. The van der Waals surface area contributed by atoms with Gasteiger partial charge in [0.15, 0.2) is 18.9 Å². The number of amides is 1. The smallest absolute Gasteiger partial charge is 0.220 e. The molecule has 91 heavy (non-hydrogen) atoms. The molecule has 1 amide bonds. The monoisotopic (exact) mass is 1300 g/mol.